The van der Waals surface area contributed by atoms with Crippen LogP contribution in [0.3, 0.4) is 0 Å². The van der Waals surface area contributed by atoms with Crippen LogP contribution in [-0.2, 0) is 14.3 Å². The molecule has 2 aromatic rings. The lowest BCUT2D eigenvalue weighted by Crippen LogP contribution is -2.30. The molecule has 6 heteroatoms. The minimum absolute atomic E-state index is 0.0453. The Bertz CT molecular complexity index is 744. The van der Waals surface area contributed by atoms with Crippen molar-refractivity contribution in [2.45, 2.75) is 24.8 Å². The van der Waals surface area contributed by atoms with Gasteiger partial charge in [-0.25, -0.2) is 0 Å². The summed E-state index contributed by atoms with van der Waals surface area (Å²) in [6.07, 6.45) is -0.906. The molecule has 0 unspecified atom stereocenters. The summed E-state index contributed by atoms with van der Waals surface area (Å²) in [5.74, 6) is -0.789. The summed E-state index contributed by atoms with van der Waals surface area (Å²) < 4.78 is 5.14. The Balaban J connectivity index is 1.81. The third-order valence-electron chi connectivity index (χ3n) is 3.34. The smallest absolute Gasteiger partial charge is 0.317 e. The van der Waals surface area contributed by atoms with Gasteiger partial charge in [0.05, 0.1) is 5.75 Å². The number of carbonyl (C=O) groups excluding carboxylic acids is 3. The monoisotopic (exact) mass is 357 g/mol. The molecule has 0 spiro atoms. The van der Waals surface area contributed by atoms with Crippen molar-refractivity contribution in [2.75, 3.05) is 11.1 Å². The minimum atomic E-state index is -0.906. The van der Waals surface area contributed by atoms with Gasteiger partial charge in [0, 0.05) is 16.1 Å². The number of esters is 1. The van der Waals surface area contributed by atoms with Gasteiger partial charge >= 0.3 is 5.97 Å². The number of ether oxygens (including phenoxy) is 1. The van der Waals surface area contributed by atoms with Crippen molar-refractivity contribution < 1.29 is 19.1 Å². The molecule has 0 saturated heterocycles. The number of nitrogens with one attached hydrogen (secondary N) is 1. The lowest BCUT2D eigenvalue weighted by atomic mass is 10.1. The molecule has 0 fully saturated rings. The second kappa shape index (κ2) is 9.03. The van der Waals surface area contributed by atoms with E-state index in [2.05, 4.69) is 5.32 Å². The van der Waals surface area contributed by atoms with Crippen LogP contribution < -0.4 is 5.32 Å². The summed E-state index contributed by atoms with van der Waals surface area (Å²) in [4.78, 5) is 36.1. The van der Waals surface area contributed by atoms with Gasteiger partial charge in [-0.15, -0.1) is 11.8 Å². The summed E-state index contributed by atoms with van der Waals surface area (Å²) >= 11 is 1.35. The maximum atomic E-state index is 12.1. The van der Waals surface area contributed by atoms with Crippen molar-refractivity contribution in [3.05, 3.63) is 60.2 Å². The maximum Gasteiger partial charge on any atom is 0.317 e. The molecule has 1 N–H and O–H groups in total. The molecule has 130 valence electrons. The molecule has 0 aliphatic heterocycles. The number of ketones is 1. The van der Waals surface area contributed by atoms with Crippen molar-refractivity contribution in [3.8, 4) is 0 Å². The molecule has 2 aromatic carbocycles. The predicted molar refractivity (Wildman–Crippen MR) is 97.8 cm³/mol. The molecule has 25 heavy (non-hydrogen) atoms. The Kier molecular flexibility index (Phi) is 6.77. The minimum Gasteiger partial charge on any atom is -0.452 e. The zero-order valence-electron chi connectivity index (χ0n) is 14.0. The second-order valence-corrected chi connectivity index (χ2v) is 6.41. The summed E-state index contributed by atoms with van der Waals surface area (Å²) in [6, 6.07) is 16.0. The van der Waals surface area contributed by atoms with E-state index < -0.39 is 18.0 Å². The van der Waals surface area contributed by atoms with Crippen LogP contribution in [0.1, 0.15) is 24.2 Å². The van der Waals surface area contributed by atoms with Gasteiger partial charge in [-0.1, -0.05) is 18.2 Å². The maximum absolute atomic E-state index is 12.1. The van der Waals surface area contributed by atoms with E-state index in [-0.39, 0.29) is 11.5 Å². The van der Waals surface area contributed by atoms with Crippen molar-refractivity contribution >= 4 is 35.1 Å². The fourth-order valence-electron chi connectivity index (χ4n) is 1.98. The fraction of sp³-hybridized carbons (Fsp3) is 0.211. The van der Waals surface area contributed by atoms with E-state index in [1.807, 2.05) is 30.3 Å². The van der Waals surface area contributed by atoms with Crippen LogP contribution in [-0.4, -0.2) is 29.5 Å². The van der Waals surface area contributed by atoms with Crippen LogP contribution in [0.5, 0.6) is 0 Å². The first-order chi connectivity index (χ1) is 12.0. The van der Waals surface area contributed by atoms with Crippen LogP contribution in [0, 0.1) is 0 Å². The molecular formula is C19H19NO4S. The Labute approximate surface area is 150 Å². The van der Waals surface area contributed by atoms with Gasteiger partial charge in [0.1, 0.15) is 0 Å². The summed E-state index contributed by atoms with van der Waals surface area (Å²) in [5, 5.41) is 2.65. The van der Waals surface area contributed by atoms with E-state index in [4.69, 9.17) is 4.74 Å². The van der Waals surface area contributed by atoms with E-state index in [1.54, 1.807) is 24.3 Å². The van der Waals surface area contributed by atoms with Gasteiger partial charge in [0.2, 0.25) is 0 Å². The van der Waals surface area contributed by atoms with E-state index in [0.29, 0.717) is 11.3 Å². The van der Waals surface area contributed by atoms with Crippen LogP contribution in [0.15, 0.2) is 59.5 Å². The van der Waals surface area contributed by atoms with Crippen molar-refractivity contribution in [3.63, 3.8) is 0 Å². The Hall–Kier alpha value is -2.60. The third-order valence-corrected chi connectivity index (χ3v) is 4.32. The van der Waals surface area contributed by atoms with Crippen molar-refractivity contribution in [2.24, 2.45) is 0 Å². The SMILES string of the molecule is CC(=O)c1ccc(NC(=O)[C@H](C)OC(=O)CSc2ccccc2)cc1. The van der Waals surface area contributed by atoms with Crippen LogP contribution >= 0.6 is 11.8 Å². The normalized spacial score (nSPS) is 11.4. The van der Waals surface area contributed by atoms with Gasteiger partial charge in [-0.05, 0) is 50.2 Å². The number of amides is 1. The van der Waals surface area contributed by atoms with E-state index in [1.165, 1.54) is 25.6 Å². The van der Waals surface area contributed by atoms with Crippen molar-refractivity contribution in [1.29, 1.82) is 0 Å². The standard InChI is InChI=1S/C19H19NO4S/c1-13(21)15-8-10-16(11-9-15)20-19(23)14(2)24-18(22)12-25-17-6-4-3-5-7-17/h3-11,14H,12H2,1-2H3,(H,20,23)/t14-/m0/s1. The Morgan fingerprint density at radius 3 is 2.28 bits per heavy atom. The molecule has 0 heterocycles. The zero-order chi connectivity index (χ0) is 18.2. The number of anilines is 1. The molecule has 0 saturated carbocycles. The number of rotatable bonds is 7. The Morgan fingerprint density at radius 2 is 1.68 bits per heavy atom. The average Bonchev–Trinajstić information content (AvgIpc) is 2.61. The van der Waals surface area contributed by atoms with Gasteiger partial charge < -0.3 is 10.1 Å². The largest absolute Gasteiger partial charge is 0.452 e. The topological polar surface area (TPSA) is 72.5 Å². The van der Waals surface area contributed by atoms with E-state index >= 15 is 0 Å². The molecule has 0 aromatic heterocycles. The van der Waals surface area contributed by atoms with E-state index in [9.17, 15) is 14.4 Å². The third kappa shape index (κ3) is 6.08. The zero-order valence-corrected chi connectivity index (χ0v) is 14.8. The molecule has 0 aliphatic carbocycles. The Morgan fingerprint density at radius 1 is 1.04 bits per heavy atom. The molecule has 2 rings (SSSR count). The first-order valence-corrected chi connectivity index (χ1v) is 8.73. The van der Waals surface area contributed by atoms with Gasteiger partial charge in [-0.2, -0.15) is 0 Å². The number of hydrogen-bond acceptors (Lipinski definition) is 5. The highest BCUT2D eigenvalue weighted by Crippen LogP contribution is 2.17. The van der Waals surface area contributed by atoms with Gasteiger partial charge in [0.25, 0.3) is 5.91 Å². The second-order valence-electron chi connectivity index (χ2n) is 5.36. The summed E-state index contributed by atoms with van der Waals surface area (Å²) in [7, 11) is 0. The molecule has 1 amide bonds. The van der Waals surface area contributed by atoms with Crippen LogP contribution in [0.25, 0.3) is 0 Å². The van der Waals surface area contributed by atoms with Gasteiger partial charge in [0.15, 0.2) is 11.9 Å². The first kappa shape index (κ1) is 18.7. The molecule has 0 bridgehead atoms. The number of thioether (sulfide) groups is 1. The van der Waals surface area contributed by atoms with Gasteiger partial charge in [-0.3, -0.25) is 14.4 Å². The van der Waals surface area contributed by atoms with Crippen LogP contribution in [0.4, 0.5) is 5.69 Å². The lowest BCUT2D eigenvalue weighted by Gasteiger charge is -2.13. The number of benzene rings is 2. The quantitative estimate of drug-likeness (QED) is 0.466. The lowest BCUT2D eigenvalue weighted by molar-refractivity contribution is -0.150. The molecule has 5 nitrogen and oxygen atoms in total. The molecule has 1 atom stereocenters. The predicted octanol–water partition coefficient (Wildman–Crippen LogP) is 3.55. The average molecular weight is 357 g/mol. The fourth-order valence-corrected chi connectivity index (χ4v) is 2.68. The highest BCUT2D eigenvalue weighted by molar-refractivity contribution is 8.00. The summed E-state index contributed by atoms with van der Waals surface area (Å²) in [6.45, 7) is 2.99. The van der Waals surface area contributed by atoms with Crippen LogP contribution in [0.2, 0.25) is 0 Å². The molecule has 0 aliphatic rings. The first-order valence-electron chi connectivity index (χ1n) is 7.75. The number of carbonyl (C=O) groups is 3. The number of hydrogen-bond donors (Lipinski definition) is 1. The number of Topliss-reactive ketones (excluding diaryl/α,β-unsaturated/α-hetero) is 1. The molecule has 0 radical (unpaired) electrons. The van der Waals surface area contributed by atoms with E-state index in [0.717, 1.165) is 4.90 Å². The highest BCUT2D eigenvalue weighted by atomic mass is 32.2. The summed E-state index contributed by atoms with van der Waals surface area (Å²) in [5.41, 5.74) is 1.10. The van der Waals surface area contributed by atoms with Crippen molar-refractivity contribution in [1.82, 2.24) is 0 Å². The molecular weight excluding hydrogens is 338 g/mol. The highest BCUT2D eigenvalue weighted by Gasteiger charge is 2.18.